The third-order valence-electron chi connectivity index (χ3n) is 4.94. The first kappa shape index (κ1) is 15.7. The number of hydrogen-bond acceptors (Lipinski definition) is 5. The van der Waals surface area contributed by atoms with Crippen molar-refractivity contribution in [3.05, 3.63) is 65.3 Å². The van der Waals surface area contributed by atoms with Crippen molar-refractivity contribution >= 4 is 0 Å². The van der Waals surface area contributed by atoms with E-state index in [1.807, 2.05) is 19.2 Å². The third kappa shape index (κ3) is 2.76. The highest BCUT2D eigenvalue weighted by Crippen LogP contribution is 2.38. The molecule has 0 N–H and O–H groups in total. The summed E-state index contributed by atoms with van der Waals surface area (Å²) in [6.07, 6.45) is 7.04. The third-order valence-corrected chi connectivity index (χ3v) is 4.94. The number of fused-ring (bicyclic) bond motifs is 1. The predicted octanol–water partition coefficient (Wildman–Crippen LogP) is 3.44. The Bertz CT molecular complexity index is 914. The maximum absolute atomic E-state index is 5.34. The van der Waals surface area contributed by atoms with E-state index in [1.54, 1.807) is 19.8 Å². The van der Waals surface area contributed by atoms with Gasteiger partial charge in [0, 0.05) is 29.1 Å². The first-order valence-corrected chi connectivity index (χ1v) is 8.41. The highest BCUT2D eigenvalue weighted by Gasteiger charge is 2.28. The summed E-state index contributed by atoms with van der Waals surface area (Å²) in [5.74, 6) is 1.17. The molecule has 0 bridgehead atoms. The second-order valence-corrected chi connectivity index (χ2v) is 6.50. The molecule has 0 fully saturated rings. The standard InChI is InChI=1S/C20H20N4O/c1-12-6-16(25-3)4-5-17(12)19-13(2)22-11-24-20(19)14-7-15-9-21-10-23-18(15)8-14/h4-6,9-11,14H,7-8H2,1-3H3. The van der Waals surface area contributed by atoms with Crippen LogP contribution in [0.1, 0.15) is 34.1 Å². The average Bonchev–Trinajstić information content (AvgIpc) is 3.06. The molecule has 2 heterocycles. The lowest BCUT2D eigenvalue weighted by Crippen LogP contribution is -2.07. The zero-order valence-electron chi connectivity index (χ0n) is 14.7. The predicted molar refractivity (Wildman–Crippen MR) is 95.7 cm³/mol. The van der Waals surface area contributed by atoms with Gasteiger partial charge in [0.25, 0.3) is 0 Å². The monoisotopic (exact) mass is 332 g/mol. The Morgan fingerprint density at radius 1 is 1.04 bits per heavy atom. The van der Waals surface area contributed by atoms with Crippen LogP contribution in [-0.4, -0.2) is 27.0 Å². The lowest BCUT2D eigenvalue weighted by Gasteiger charge is -2.17. The second kappa shape index (κ2) is 6.24. The molecule has 1 unspecified atom stereocenters. The Balaban J connectivity index is 1.80. The van der Waals surface area contributed by atoms with Crippen molar-refractivity contribution in [1.82, 2.24) is 19.9 Å². The summed E-state index contributed by atoms with van der Waals surface area (Å²) in [6.45, 7) is 4.15. The molecule has 1 atom stereocenters. The largest absolute Gasteiger partial charge is 0.497 e. The van der Waals surface area contributed by atoms with Gasteiger partial charge >= 0.3 is 0 Å². The van der Waals surface area contributed by atoms with Crippen LogP contribution >= 0.6 is 0 Å². The topological polar surface area (TPSA) is 60.8 Å². The molecule has 1 aromatic carbocycles. The van der Waals surface area contributed by atoms with E-state index in [0.29, 0.717) is 5.92 Å². The SMILES string of the molecule is COc1ccc(-c2c(C)ncnc2C2Cc3cncnc3C2)c(C)c1. The van der Waals surface area contributed by atoms with Crippen LogP contribution in [0.5, 0.6) is 5.75 Å². The number of aryl methyl sites for hydroxylation is 2. The van der Waals surface area contributed by atoms with E-state index in [2.05, 4.69) is 39.0 Å². The van der Waals surface area contributed by atoms with Gasteiger partial charge in [0.15, 0.2) is 0 Å². The molecule has 126 valence electrons. The van der Waals surface area contributed by atoms with Gasteiger partial charge in [-0.1, -0.05) is 6.07 Å². The van der Waals surface area contributed by atoms with Crippen LogP contribution < -0.4 is 4.74 Å². The van der Waals surface area contributed by atoms with E-state index in [1.165, 1.54) is 5.56 Å². The molecular formula is C20H20N4O. The van der Waals surface area contributed by atoms with Gasteiger partial charge in [-0.25, -0.2) is 19.9 Å². The van der Waals surface area contributed by atoms with Crippen molar-refractivity contribution in [2.75, 3.05) is 7.11 Å². The molecule has 0 amide bonds. The zero-order chi connectivity index (χ0) is 17.4. The Hall–Kier alpha value is -2.82. The van der Waals surface area contributed by atoms with E-state index in [4.69, 9.17) is 4.74 Å². The van der Waals surface area contributed by atoms with Crippen LogP contribution in [0.25, 0.3) is 11.1 Å². The fourth-order valence-corrected chi connectivity index (χ4v) is 3.68. The molecule has 25 heavy (non-hydrogen) atoms. The highest BCUT2D eigenvalue weighted by atomic mass is 16.5. The van der Waals surface area contributed by atoms with Crippen molar-refractivity contribution in [2.24, 2.45) is 0 Å². The van der Waals surface area contributed by atoms with Crippen molar-refractivity contribution in [3.63, 3.8) is 0 Å². The first-order chi connectivity index (χ1) is 12.2. The summed E-state index contributed by atoms with van der Waals surface area (Å²) < 4.78 is 5.34. The highest BCUT2D eigenvalue weighted by molar-refractivity contribution is 5.73. The second-order valence-electron chi connectivity index (χ2n) is 6.50. The fourth-order valence-electron chi connectivity index (χ4n) is 3.68. The quantitative estimate of drug-likeness (QED) is 0.735. The lowest BCUT2D eigenvalue weighted by molar-refractivity contribution is 0.414. The van der Waals surface area contributed by atoms with Gasteiger partial charge in [-0.2, -0.15) is 0 Å². The first-order valence-electron chi connectivity index (χ1n) is 8.41. The van der Waals surface area contributed by atoms with Gasteiger partial charge in [-0.05, 0) is 55.5 Å². The van der Waals surface area contributed by atoms with Gasteiger partial charge in [-0.15, -0.1) is 0 Å². The van der Waals surface area contributed by atoms with Crippen LogP contribution in [-0.2, 0) is 12.8 Å². The normalized spacial score (nSPS) is 15.9. The minimum atomic E-state index is 0.310. The Kier molecular flexibility index (Phi) is 3.92. The van der Waals surface area contributed by atoms with Crippen LogP contribution in [0.3, 0.4) is 0 Å². The summed E-state index contributed by atoms with van der Waals surface area (Å²) >= 11 is 0. The maximum atomic E-state index is 5.34. The molecule has 4 rings (SSSR count). The fraction of sp³-hybridized carbons (Fsp3) is 0.300. The zero-order valence-corrected chi connectivity index (χ0v) is 14.7. The molecule has 1 aliphatic carbocycles. The Labute approximate surface area is 147 Å². The molecule has 0 radical (unpaired) electrons. The van der Waals surface area contributed by atoms with Crippen LogP contribution in [0, 0.1) is 13.8 Å². The van der Waals surface area contributed by atoms with Crippen LogP contribution in [0.15, 0.2) is 37.1 Å². The number of ether oxygens (including phenoxy) is 1. The number of methoxy groups -OCH3 is 1. The van der Waals surface area contributed by atoms with Crippen LogP contribution in [0.4, 0.5) is 0 Å². The minimum absolute atomic E-state index is 0.310. The van der Waals surface area contributed by atoms with E-state index in [9.17, 15) is 0 Å². The summed E-state index contributed by atoms with van der Waals surface area (Å²) in [5, 5.41) is 0. The average molecular weight is 332 g/mol. The van der Waals surface area contributed by atoms with Gasteiger partial charge in [0.1, 0.15) is 18.4 Å². The summed E-state index contributed by atoms with van der Waals surface area (Å²) in [6, 6.07) is 6.15. The van der Waals surface area contributed by atoms with Gasteiger partial charge in [-0.3, -0.25) is 0 Å². The van der Waals surface area contributed by atoms with Crippen molar-refractivity contribution < 1.29 is 4.74 Å². The molecule has 2 aromatic heterocycles. The van der Waals surface area contributed by atoms with Crippen LogP contribution in [0.2, 0.25) is 0 Å². The molecule has 0 saturated carbocycles. The van der Waals surface area contributed by atoms with E-state index >= 15 is 0 Å². The number of aromatic nitrogens is 4. The number of benzene rings is 1. The van der Waals surface area contributed by atoms with Crippen molar-refractivity contribution in [1.29, 1.82) is 0 Å². The summed E-state index contributed by atoms with van der Waals surface area (Å²) in [4.78, 5) is 17.7. The number of nitrogens with zero attached hydrogens (tertiary/aromatic N) is 4. The summed E-state index contributed by atoms with van der Waals surface area (Å²) in [7, 11) is 1.69. The van der Waals surface area contributed by atoms with Crippen molar-refractivity contribution in [3.8, 4) is 16.9 Å². The summed E-state index contributed by atoms with van der Waals surface area (Å²) in [5.41, 5.74) is 7.91. The molecule has 1 aliphatic rings. The van der Waals surface area contributed by atoms with Gasteiger partial charge in [0.05, 0.1) is 12.8 Å². The van der Waals surface area contributed by atoms with Crippen molar-refractivity contribution in [2.45, 2.75) is 32.6 Å². The van der Waals surface area contributed by atoms with E-state index in [-0.39, 0.29) is 0 Å². The Morgan fingerprint density at radius 3 is 2.68 bits per heavy atom. The van der Waals surface area contributed by atoms with Gasteiger partial charge in [0.2, 0.25) is 0 Å². The van der Waals surface area contributed by atoms with Gasteiger partial charge < -0.3 is 4.74 Å². The molecule has 0 saturated heterocycles. The number of hydrogen-bond donors (Lipinski definition) is 0. The van der Waals surface area contributed by atoms with E-state index < -0.39 is 0 Å². The molecule has 5 nitrogen and oxygen atoms in total. The lowest BCUT2D eigenvalue weighted by atomic mass is 9.90. The molecule has 3 aromatic rings. The molecule has 5 heteroatoms. The minimum Gasteiger partial charge on any atom is -0.497 e. The maximum Gasteiger partial charge on any atom is 0.119 e. The number of rotatable bonds is 3. The molecule has 0 spiro atoms. The van der Waals surface area contributed by atoms with E-state index in [0.717, 1.165) is 52.4 Å². The molecular weight excluding hydrogens is 312 g/mol. The Morgan fingerprint density at radius 2 is 1.92 bits per heavy atom. The molecule has 0 aliphatic heterocycles. The smallest absolute Gasteiger partial charge is 0.119 e.